The number of hydrogen-bond acceptors (Lipinski definition) is 3. The fourth-order valence-electron chi connectivity index (χ4n) is 3.23. The zero-order valence-electron chi connectivity index (χ0n) is 16.5. The number of amides is 4. The number of anilines is 2. The van der Waals surface area contributed by atoms with Gasteiger partial charge in [0.05, 0.1) is 5.56 Å². The third-order valence-electron chi connectivity index (χ3n) is 4.66. The first kappa shape index (κ1) is 21.6. The first-order valence-corrected chi connectivity index (χ1v) is 9.89. The van der Waals surface area contributed by atoms with Gasteiger partial charge in [0.25, 0.3) is 5.91 Å². The third-order valence-corrected chi connectivity index (χ3v) is 4.90. The van der Waals surface area contributed by atoms with Gasteiger partial charge >= 0.3 is 6.03 Å². The predicted octanol–water partition coefficient (Wildman–Crippen LogP) is 3.82. The van der Waals surface area contributed by atoms with Crippen molar-refractivity contribution in [3.8, 4) is 0 Å². The second kappa shape index (κ2) is 9.58. The van der Waals surface area contributed by atoms with Crippen molar-refractivity contribution in [1.82, 2.24) is 9.80 Å². The number of urea groups is 1. The summed E-state index contributed by atoms with van der Waals surface area (Å²) in [4.78, 5) is 39.8. The van der Waals surface area contributed by atoms with Gasteiger partial charge in [-0.2, -0.15) is 0 Å². The molecule has 0 bridgehead atoms. The van der Waals surface area contributed by atoms with Crippen molar-refractivity contribution >= 4 is 40.8 Å². The number of carbonyl (C=O) groups excluding carboxylic acids is 3. The molecule has 0 atom stereocenters. The smallest absolute Gasteiger partial charge is 0.321 e. The molecule has 9 heteroatoms. The summed E-state index contributed by atoms with van der Waals surface area (Å²) < 4.78 is 14.2. The Morgan fingerprint density at radius 2 is 1.63 bits per heavy atom. The Bertz CT molecular complexity index is 969. The maximum atomic E-state index is 14.2. The van der Waals surface area contributed by atoms with E-state index in [0.717, 1.165) is 6.07 Å². The molecule has 2 N–H and O–H groups in total. The van der Waals surface area contributed by atoms with Crippen molar-refractivity contribution in [2.75, 3.05) is 36.8 Å². The Kier molecular flexibility index (Phi) is 6.89. The van der Waals surface area contributed by atoms with Gasteiger partial charge in [0.15, 0.2) is 0 Å². The van der Waals surface area contributed by atoms with Crippen LogP contribution in [0, 0.1) is 5.82 Å². The minimum absolute atomic E-state index is 0.113. The van der Waals surface area contributed by atoms with Crippen LogP contribution >= 0.6 is 11.6 Å². The molecule has 0 spiro atoms. The van der Waals surface area contributed by atoms with Crippen LogP contribution in [0.2, 0.25) is 5.02 Å². The number of hydrogen-bond donors (Lipinski definition) is 2. The van der Waals surface area contributed by atoms with Crippen molar-refractivity contribution in [3.63, 3.8) is 0 Å². The molecule has 0 aliphatic carbocycles. The Labute approximate surface area is 178 Å². The van der Waals surface area contributed by atoms with Gasteiger partial charge in [-0.05, 0) is 42.8 Å². The highest BCUT2D eigenvalue weighted by atomic mass is 35.5. The second-order valence-corrected chi connectivity index (χ2v) is 7.39. The van der Waals surface area contributed by atoms with Crippen molar-refractivity contribution in [2.24, 2.45) is 0 Å². The summed E-state index contributed by atoms with van der Waals surface area (Å²) in [6, 6.07) is 10.4. The highest BCUT2D eigenvalue weighted by Crippen LogP contribution is 2.19. The van der Waals surface area contributed by atoms with E-state index in [-0.39, 0.29) is 24.0 Å². The lowest BCUT2D eigenvalue weighted by Crippen LogP contribution is -2.39. The van der Waals surface area contributed by atoms with Gasteiger partial charge in [-0.15, -0.1) is 0 Å². The van der Waals surface area contributed by atoms with E-state index in [0.29, 0.717) is 42.5 Å². The van der Waals surface area contributed by atoms with Crippen LogP contribution in [0.1, 0.15) is 23.7 Å². The molecule has 1 aliphatic rings. The van der Waals surface area contributed by atoms with E-state index >= 15 is 0 Å². The second-order valence-electron chi connectivity index (χ2n) is 6.95. The van der Waals surface area contributed by atoms with Crippen LogP contribution in [0.4, 0.5) is 20.6 Å². The fraction of sp³-hybridized carbons (Fsp3) is 0.286. The van der Waals surface area contributed by atoms with Gasteiger partial charge in [0.2, 0.25) is 5.91 Å². The summed E-state index contributed by atoms with van der Waals surface area (Å²) >= 11 is 5.94. The molecule has 1 saturated heterocycles. The summed E-state index contributed by atoms with van der Waals surface area (Å²) in [6.07, 6.45) is 0.557. The minimum atomic E-state index is -0.658. The molecule has 158 valence electrons. The number of benzene rings is 2. The van der Waals surface area contributed by atoms with Crippen molar-refractivity contribution in [1.29, 1.82) is 0 Å². The molecule has 30 heavy (non-hydrogen) atoms. The van der Waals surface area contributed by atoms with Crippen LogP contribution in [-0.4, -0.2) is 53.8 Å². The molecular formula is C21H22ClFN4O3. The molecule has 4 amide bonds. The minimum Gasteiger partial charge on any atom is -0.337 e. The highest BCUT2D eigenvalue weighted by molar-refractivity contribution is 6.30. The standard InChI is InChI=1S/C21H22ClFN4O3/c1-14(28)24-17-6-7-19(23)18(13-17)20(29)26-8-3-9-27(11-10-26)21(30)25-16-5-2-4-15(22)12-16/h2,4-7,12-13H,3,8-11H2,1H3,(H,24,28)(H,25,30). The average Bonchev–Trinajstić information content (AvgIpc) is 2.95. The van der Waals surface area contributed by atoms with Crippen LogP contribution in [-0.2, 0) is 4.79 Å². The molecule has 0 aromatic heterocycles. The number of rotatable bonds is 3. The molecule has 1 aliphatic heterocycles. The Hall–Kier alpha value is -3.13. The van der Waals surface area contributed by atoms with Gasteiger partial charge in [0, 0.05) is 49.5 Å². The lowest BCUT2D eigenvalue weighted by Gasteiger charge is -2.23. The quantitative estimate of drug-likeness (QED) is 0.773. The lowest BCUT2D eigenvalue weighted by atomic mass is 10.1. The summed E-state index contributed by atoms with van der Waals surface area (Å²) in [7, 11) is 0. The summed E-state index contributed by atoms with van der Waals surface area (Å²) in [5.74, 6) is -1.44. The predicted molar refractivity (Wildman–Crippen MR) is 113 cm³/mol. The number of nitrogens with one attached hydrogen (secondary N) is 2. The molecule has 0 saturated carbocycles. The topological polar surface area (TPSA) is 81.8 Å². The first-order valence-electron chi connectivity index (χ1n) is 9.51. The number of halogens is 2. The van der Waals surface area contributed by atoms with Crippen molar-refractivity contribution < 1.29 is 18.8 Å². The summed E-state index contributed by atoms with van der Waals surface area (Å²) in [5.41, 5.74) is 0.823. The van der Waals surface area contributed by atoms with E-state index in [1.54, 1.807) is 29.2 Å². The van der Waals surface area contributed by atoms with Gasteiger partial charge in [0.1, 0.15) is 5.82 Å². The van der Waals surface area contributed by atoms with Gasteiger partial charge < -0.3 is 20.4 Å². The normalized spacial score (nSPS) is 14.1. The molecule has 2 aromatic carbocycles. The molecule has 0 unspecified atom stereocenters. The van der Waals surface area contributed by atoms with Crippen LogP contribution in [0.25, 0.3) is 0 Å². The molecular weight excluding hydrogens is 411 g/mol. The van der Waals surface area contributed by atoms with Crippen LogP contribution < -0.4 is 10.6 Å². The number of nitrogens with zero attached hydrogens (tertiary/aromatic N) is 2. The fourth-order valence-corrected chi connectivity index (χ4v) is 3.42. The molecule has 1 heterocycles. The Morgan fingerprint density at radius 3 is 2.37 bits per heavy atom. The van der Waals surface area contributed by atoms with Crippen LogP contribution in [0.3, 0.4) is 0 Å². The van der Waals surface area contributed by atoms with E-state index in [4.69, 9.17) is 11.6 Å². The van der Waals surface area contributed by atoms with Crippen molar-refractivity contribution in [3.05, 3.63) is 58.9 Å². The van der Waals surface area contributed by atoms with Gasteiger partial charge in [-0.25, -0.2) is 9.18 Å². The zero-order chi connectivity index (χ0) is 21.7. The van der Waals surface area contributed by atoms with Gasteiger partial charge in [-0.1, -0.05) is 17.7 Å². The maximum absolute atomic E-state index is 14.2. The first-order chi connectivity index (χ1) is 14.3. The highest BCUT2D eigenvalue weighted by Gasteiger charge is 2.25. The molecule has 1 fully saturated rings. The van der Waals surface area contributed by atoms with E-state index in [9.17, 15) is 18.8 Å². The maximum Gasteiger partial charge on any atom is 0.321 e. The Balaban J connectivity index is 1.65. The van der Waals surface area contributed by atoms with E-state index in [1.165, 1.54) is 24.0 Å². The zero-order valence-corrected chi connectivity index (χ0v) is 17.2. The largest absolute Gasteiger partial charge is 0.337 e. The van der Waals surface area contributed by atoms with E-state index in [1.807, 2.05) is 0 Å². The van der Waals surface area contributed by atoms with Crippen molar-refractivity contribution in [2.45, 2.75) is 13.3 Å². The van der Waals surface area contributed by atoms with E-state index < -0.39 is 11.7 Å². The third kappa shape index (κ3) is 5.48. The molecule has 0 radical (unpaired) electrons. The Morgan fingerprint density at radius 1 is 0.933 bits per heavy atom. The molecule has 7 nitrogen and oxygen atoms in total. The van der Waals surface area contributed by atoms with Crippen LogP contribution in [0.15, 0.2) is 42.5 Å². The SMILES string of the molecule is CC(=O)Nc1ccc(F)c(C(=O)N2CCCN(C(=O)Nc3cccc(Cl)c3)CC2)c1. The summed E-state index contributed by atoms with van der Waals surface area (Å²) in [6.45, 7) is 2.77. The lowest BCUT2D eigenvalue weighted by molar-refractivity contribution is -0.114. The summed E-state index contributed by atoms with van der Waals surface area (Å²) in [5, 5.41) is 5.85. The van der Waals surface area contributed by atoms with Crippen LogP contribution in [0.5, 0.6) is 0 Å². The monoisotopic (exact) mass is 432 g/mol. The average molecular weight is 433 g/mol. The van der Waals surface area contributed by atoms with Gasteiger partial charge in [-0.3, -0.25) is 9.59 Å². The molecule has 3 rings (SSSR count). The number of carbonyl (C=O) groups is 3. The van der Waals surface area contributed by atoms with E-state index in [2.05, 4.69) is 10.6 Å². The molecule has 2 aromatic rings.